The lowest BCUT2D eigenvalue weighted by molar-refractivity contribution is 0.996. The third-order valence-electron chi connectivity index (χ3n) is 12.5. The van der Waals surface area contributed by atoms with Crippen molar-refractivity contribution in [2.24, 2.45) is 0 Å². The van der Waals surface area contributed by atoms with E-state index in [1.54, 1.807) is 0 Å². The normalized spacial score (nSPS) is 12.0. The van der Waals surface area contributed by atoms with Gasteiger partial charge in [0.05, 0.1) is 33.5 Å². The zero-order valence-corrected chi connectivity index (χ0v) is 32.4. The van der Waals surface area contributed by atoms with E-state index in [0.29, 0.717) is 5.95 Å². The van der Waals surface area contributed by atoms with Crippen molar-refractivity contribution in [3.05, 3.63) is 206 Å². The number of fused-ring (bicyclic) bond motifs is 13. The zero-order chi connectivity index (χ0) is 39.3. The number of rotatable bonds is 4. The first-order valence-corrected chi connectivity index (χ1v) is 20.5. The Balaban J connectivity index is 1.22. The largest absolute Gasteiger partial charge is 0.307 e. The number of benzene rings is 10. The lowest BCUT2D eigenvalue weighted by Gasteiger charge is -2.16. The van der Waals surface area contributed by atoms with Gasteiger partial charge in [0, 0.05) is 38.4 Å². The predicted octanol–water partition coefficient (Wildman–Crippen LogP) is 14.6. The molecule has 0 amide bonds. The third kappa shape index (κ3) is 4.73. The summed E-state index contributed by atoms with van der Waals surface area (Å²) in [7, 11) is 0. The maximum absolute atomic E-state index is 5.68. The number of nitrogens with zero attached hydrogens (tertiary/aromatic N) is 4. The van der Waals surface area contributed by atoms with E-state index in [-0.39, 0.29) is 0 Å². The van der Waals surface area contributed by atoms with Gasteiger partial charge < -0.3 is 4.57 Å². The molecule has 0 atom stereocenters. The lowest BCUT2D eigenvalue weighted by atomic mass is 9.93. The molecule has 0 aliphatic rings. The van der Waals surface area contributed by atoms with Crippen LogP contribution in [0.1, 0.15) is 0 Å². The average Bonchev–Trinajstić information content (AvgIpc) is 3.84. The molecule has 0 unspecified atom stereocenters. The summed E-state index contributed by atoms with van der Waals surface area (Å²) in [6, 6.07) is 74.3. The molecule has 3 aromatic heterocycles. The van der Waals surface area contributed by atoms with Crippen LogP contribution in [-0.2, 0) is 0 Å². The summed E-state index contributed by atoms with van der Waals surface area (Å²) >= 11 is 0. The van der Waals surface area contributed by atoms with Gasteiger partial charge in [0.15, 0.2) is 0 Å². The molecule has 13 aromatic rings. The molecule has 278 valence electrons. The quantitative estimate of drug-likeness (QED) is 0.167. The van der Waals surface area contributed by atoms with Crippen LogP contribution in [0.15, 0.2) is 206 Å². The highest BCUT2D eigenvalue weighted by atomic mass is 15.2. The van der Waals surface area contributed by atoms with Crippen LogP contribution in [0.5, 0.6) is 0 Å². The van der Waals surface area contributed by atoms with E-state index in [0.717, 1.165) is 71.8 Å². The molecule has 3 heterocycles. The Labute approximate surface area is 344 Å². The monoisotopic (exact) mass is 762 g/mol. The molecule has 0 radical (unpaired) electrons. The van der Waals surface area contributed by atoms with Crippen molar-refractivity contribution in [2.45, 2.75) is 0 Å². The molecule has 0 aliphatic heterocycles. The molecule has 0 saturated carbocycles. The minimum absolute atomic E-state index is 0.626. The fourth-order valence-corrected chi connectivity index (χ4v) is 9.90. The zero-order valence-electron chi connectivity index (χ0n) is 32.4. The highest BCUT2D eigenvalue weighted by Gasteiger charge is 2.24. The van der Waals surface area contributed by atoms with Gasteiger partial charge in [0.25, 0.3) is 0 Å². The maximum Gasteiger partial charge on any atom is 0.235 e. The second-order valence-corrected chi connectivity index (χ2v) is 15.7. The summed E-state index contributed by atoms with van der Waals surface area (Å²) in [5.74, 6) is 0.626. The second kappa shape index (κ2) is 12.7. The summed E-state index contributed by atoms with van der Waals surface area (Å²) in [6.07, 6.45) is 0. The van der Waals surface area contributed by atoms with Crippen LogP contribution in [0.2, 0.25) is 0 Å². The molecule has 13 rings (SSSR count). The Morgan fingerprint density at radius 1 is 0.283 bits per heavy atom. The highest BCUT2D eigenvalue weighted by molar-refractivity contribution is 6.24. The molecule has 10 aromatic carbocycles. The Morgan fingerprint density at radius 2 is 0.683 bits per heavy atom. The van der Waals surface area contributed by atoms with E-state index < -0.39 is 0 Å². The van der Waals surface area contributed by atoms with Gasteiger partial charge in [-0.15, -0.1) is 0 Å². The van der Waals surface area contributed by atoms with E-state index in [2.05, 4.69) is 215 Å². The van der Waals surface area contributed by atoms with Crippen molar-refractivity contribution >= 4 is 86.7 Å². The van der Waals surface area contributed by atoms with E-state index in [1.807, 2.05) is 0 Å². The lowest BCUT2D eigenvalue weighted by Crippen LogP contribution is -2.05. The summed E-state index contributed by atoms with van der Waals surface area (Å²) in [5, 5.41) is 14.2. The van der Waals surface area contributed by atoms with Crippen molar-refractivity contribution in [1.82, 2.24) is 19.1 Å². The molecule has 0 aliphatic carbocycles. The van der Waals surface area contributed by atoms with Gasteiger partial charge in [-0.3, -0.25) is 4.57 Å². The Kier molecular flexibility index (Phi) is 6.98. The van der Waals surface area contributed by atoms with Crippen LogP contribution < -0.4 is 0 Å². The third-order valence-corrected chi connectivity index (χ3v) is 12.5. The Hall–Kier alpha value is -8.08. The van der Waals surface area contributed by atoms with Gasteiger partial charge in [-0.1, -0.05) is 164 Å². The number of aromatic nitrogens is 4. The Morgan fingerprint density at radius 3 is 1.22 bits per heavy atom. The first-order chi connectivity index (χ1) is 29.8. The average molecular weight is 763 g/mol. The van der Waals surface area contributed by atoms with Crippen LogP contribution in [0, 0.1) is 0 Å². The molecular weight excluding hydrogens is 729 g/mol. The van der Waals surface area contributed by atoms with Crippen molar-refractivity contribution in [3.63, 3.8) is 0 Å². The molecule has 4 nitrogen and oxygen atoms in total. The predicted molar refractivity (Wildman–Crippen MR) is 252 cm³/mol. The molecule has 0 bridgehead atoms. The molecule has 60 heavy (non-hydrogen) atoms. The van der Waals surface area contributed by atoms with Gasteiger partial charge in [-0.05, 0) is 85.6 Å². The minimum Gasteiger partial charge on any atom is -0.307 e. The molecule has 0 fully saturated rings. The van der Waals surface area contributed by atoms with Gasteiger partial charge in [-0.25, -0.2) is 9.97 Å². The first-order valence-electron chi connectivity index (χ1n) is 20.5. The number of hydrogen-bond donors (Lipinski definition) is 0. The van der Waals surface area contributed by atoms with Crippen molar-refractivity contribution < 1.29 is 0 Å². The van der Waals surface area contributed by atoms with Crippen LogP contribution in [0.25, 0.3) is 121 Å². The van der Waals surface area contributed by atoms with Crippen LogP contribution >= 0.6 is 0 Å². The summed E-state index contributed by atoms with van der Waals surface area (Å²) in [5.41, 5.74) is 9.40. The molecule has 0 saturated heterocycles. The first kappa shape index (κ1) is 32.9. The van der Waals surface area contributed by atoms with Gasteiger partial charge in [0.1, 0.15) is 0 Å². The maximum atomic E-state index is 5.68. The van der Waals surface area contributed by atoms with Gasteiger partial charge >= 0.3 is 0 Å². The minimum atomic E-state index is 0.626. The molecule has 4 heteroatoms. The fraction of sp³-hybridized carbons (Fsp3) is 0. The fourth-order valence-electron chi connectivity index (χ4n) is 9.90. The smallest absolute Gasteiger partial charge is 0.235 e. The second-order valence-electron chi connectivity index (χ2n) is 15.7. The summed E-state index contributed by atoms with van der Waals surface area (Å²) in [4.78, 5) is 11.4. The van der Waals surface area contributed by atoms with Crippen molar-refractivity contribution in [3.8, 4) is 34.2 Å². The standard InChI is InChI=1S/C56H34N4/c1-2-18-37(19-3-1)59-52-28-14-12-26-44(52)46-30-31-47-45-27-13-15-29-53(45)60(55(47)54(46)59)56-57-50(48-32-35-16-4-6-20-38(35)40-22-8-10-24-42(40)48)34-51(58-56)49-33-36-17-5-7-21-39(36)41-23-9-11-25-43(41)49/h1-34H. The van der Waals surface area contributed by atoms with Crippen LogP contribution in [-0.4, -0.2) is 19.1 Å². The van der Waals surface area contributed by atoms with Crippen molar-refractivity contribution in [2.75, 3.05) is 0 Å². The van der Waals surface area contributed by atoms with Crippen molar-refractivity contribution in [1.29, 1.82) is 0 Å². The van der Waals surface area contributed by atoms with E-state index >= 15 is 0 Å². The van der Waals surface area contributed by atoms with E-state index in [1.165, 1.54) is 43.1 Å². The molecule has 0 N–H and O–H groups in total. The topological polar surface area (TPSA) is 35.6 Å². The Bertz CT molecular complexity index is 3760. The van der Waals surface area contributed by atoms with E-state index in [4.69, 9.17) is 9.97 Å². The number of hydrogen-bond acceptors (Lipinski definition) is 2. The van der Waals surface area contributed by atoms with Crippen LogP contribution in [0.3, 0.4) is 0 Å². The summed E-state index contributed by atoms with van der Waals surface area (Å²) in [6.45, 7) is 0. The molecule has 0 spiro atoms. The van der Waals surface area contributed by atoms with Gasteiger partial charge in [0.2, 0.25) is 5.95 Å². The van der Waals surface area contributed by atoms with E-state index in [9.17, 15) is 0 Å². The highest BCUT2D eigenvalue weighted by Crippen LogP contribution is 2.43. The number of para-hydroxylation sites is 3. The van der Waals surface area contributed by atoms with Crippen LogP contribution in [0.4, 0.5) is 0 Å². The summed E-state index contributed by atoms with van der Waals surface area (Å²) < 4.78 is 4.74. The molecular formula is C56H34N4. The SMILES string of the molecule is c1ccc(-n2c3ccccc3c3ccc4c5ccccc5n(-c5nc(-c6cc7ccccc7c7ccccc67)cc(-c6cc7ccccc7c7ccccc67)n5)c4c32)cc1. The van der Waals surface area contributed by atoms with Gasteiger partial charge in [-0.2, -0.15) is 0 Å².